The van der Waals surface area contributed by atoms with Crippen LogP contribution in [0.15, 0.2) is 0 Å². The van der Waals surface area contributed by atoms with Crippen LogP contribution in [0.2, 0.25) is 0 Å². The molecule has 2 fully saturated rings. The van der Waals surface area contributed by atoms with Crippen molar-refractivity contribution in [2.45, 2.75) is 77.2 Å². The van der Waals surface area contributed by atoms with E-state index in [-0.39, 0.29) is 18.0 Å². The molecular formula is C17H28O3. The van der Waals surface area contributed by atoms with E-state index in [1.807, 2.05) is 0 Å². The molecular weight excluding hydrogens is 252 g/mol. The summed E-state index contributed by atoms with van der Waals surface area (Å²) in [6, 6.07) is 0. The fourth-order valence-electron chi connectivity index (χ4n) is 3.60. The Hall–Kier alpha value is -0.860. The summed E-state index contributed by atoms with van der Waals surface area (Å²) >= 11 is 0. The van der Waals surface area contributed by atoms with Crippen molar-refractivity contribution in [2.24, 2.45) is 17.8 Å². The van der Waals surface area contributed by atoms with E-state index >= 15 is 0 Å². The number of hydrogen-bond acceptors (Lipinski definition) is 3. The van der Waals surface area contributed by atoms with Crippen molar-refractivity contribution < 1.29 is 14.3 Å². The Balaban J connectivity index is 1.63. The summed E-state index contributed by atoms with van der Waals surface area (Å²) in [7, 11) is 0. The summed E-state index contributed by atoms with van der Waals surface area (Å²) in [6.07, 6.45) is 11.3. The van der Waals surface area contributed by atoms with Crippen LogP contribution in [-0.2, 0) is 14.3 Å². The first-order valence-electron chi connectivity index (χ1n) is 8.32. The number of esters is 1. The highest BCUT2D eigenvalue weighted by atomic mass is 16.5. The summed E-state index contributed by atoms with van der Waals surface area (Å²) in [5, 5.41) is 0. The van der Waals surface area contributed by atoms with Crippen LogP contribution in [0.1, 0.15) is 71.1 Å². The van der Waals surface area contributed by atoms with Gasteiger partial charge in [0.2, 0.25) is 0 Å². The van der Waals surface area contributed by atoms with E-state index in [0.717, 1.165) is 44.3 Å². The van der Waals surface area contributed by atoms with Gasteiger partial charge >= 0.3 is 5.97 Å². The van der Waals surface area contributed by atoms with E-state index in [1.54, 1.807) is 0 Å². The highest BCUT2D eigenvalue weighted by molar-refractivity contribution is 5.69. The molecule has 20 heavy (non-hydrogen) atoms. The Labute approximate surface area is 122 Å². The highest BCUT2D eigenvalue weighted by Gasteiger charge is 2.25. The molecule has 2 atom stereocenters. The molecule has 0 aromatic carbocycles. The molecule has 3 nitrogen and oxygen atoms in total. The fourth-order valence-corrected chi connectivity index (χ4v) is 3.60. The first-order valence-corrected chi connectivity index (χ1v) is 8.32. The van der Waals surface area contributed by atoms with E-state index in [1.165, 1.54) is 25.7 Å². The van der Waals surface area contributed by atoms with Gasteiger partial charge in [0.05, 0.1) is 0 Å². The van der Waals surface area contributed by atoms with Gasteiger partial charge in [-0.25, -0.2) is 0 Å². The van der Waals surface area contributed by atoms with Crippen molar-refractivity contribution >= 4 is 12.3 Å². The molecule has 2 saturated carbocycles. The van der Waals surface area contributed by atoms with Gasteiger partial charge in [-0.15, -0.1) is 0 Å². The minimum absolute atomic E-state index is 0.0159. The summed E-state index contributed by atoms with van der Waals surface area (Å²) in [6.45, 7) is 2.32. The van der Waals surface area contributed by atoms with Crippen LogP contribution in [0.5, 0.6) is 0 Å². The number of hydrogen-bond donors (Lipinski definition) is 0. The lowest BCUT2D eigenvalue weighted by atomic mass is 9.81. The molecule has 0 N–H and O–H groups in total. The van der Waals surface area contributed by atoms with Crippen LogP contribution in [0.3, 0.4) is 0 Å². The predicted molar refractivity (Wildman–Crippen MR) is 78.3 cm³/mol. The highest BCUT2D eigenvalue weighted by Crippen LogP contribution is 2.31. The molecule has 3 heteroatoms. The molecule has 0 aromatic rings. The standard InChI is InChI=1S/C17H28O3/c1-13-5-7-14(8-6-13)9-10-17(19)20-16-4-2-3-15(11-16)12-18/h12-16H,2-11H2,1H3. The number of aldehydes is 1. The van der Waals surface area contributed by atoms with Crippen LogP contribution in [0.4, 0.5) is 0 Å². The van der Waals surface area contributed by atoms with Crippen molar-refractivity contribution in [2.75, 3.05) is 0 Å². The van der Waals surface area contributed by atoms with Crippen LogP contribution in [-0.4, -0.2) is 18.4 Å². The number of rotatable bonds is 5. The van der Waals surface area contributed by atoms with E-state index in [9.17, 15) is 9.59 Å². The van der Waals surface area contributed by atoms with Crippen molar-refractivity contribution in [3.8, 4) is 0 Å². The molecule has 0 amide bonds. The van der Waals surface area contributed by atoms with Gasteiger partial charge in [0.15, 0.2) is 0 Å². The minimum atomic E-state index is -0.0554. The second-order valence-electron chi connectivity index (χ2n) is 6.84. The molecule has 2 aliphatic carbocycles. The molecule has 0 heterocycles. The lowest BCUT2D eigenvalue weighted by Crippen LogP contribution is -2.26. The molecule has 2 aliphatic rings. The van der Waals surface area contributed by atoms with Gasteiger partial charge in [0.25, 0.3) is 0 Å². The Morgan fingerprint density at radius 3 is 2.60 bits per heavy atom. The zero-order valence-corrected chi connectivity index (χ0v) is 12.7. The molecule has 0 bridgehead atoms. The van der Waals surface area contributed by atoms with Crippen LogP contribution in [0, 0.1) is 17.8 Å². The summed E-state index contributed by atoms with van der Waals surface area (Å²) < 4.78 is 5.54. The summed E-state index contributed by atoms with van der Waals surface area (Å²) in [4.78, 5) is 22.7. The van der Waals surface area contributed by atoms with E-state index in [4.69, 9.17) is 4.74 Å². The lowest BCUT2D eigenvalue weighted by molar-refractivity contribution is -0.152. The Morgan fingerprint density at radius 2 is 1.90 bits per heavy atom. The third-order valence-corrected chi connectivity index (χ3v) is 5.05. The maximum Gasteiger partial charge on any atom is 0.306 e. The molecule has 0 aromatic heterocycles. The van der Waals surface area contributed by atoms with Gasteiger partial charge in [0, 0.05) is 12.3 Å². The maximum atomic E-state index is 11.9. The number of ether oxygens (including phenoxy) is 1. The molecule has 2 unspecified atom stereocenters. The summed E-state index contributed by atoms with van der Waals surface area (Å²) in [5.74, 6) is 1.62. The van der Waals surface area contributed by atoms with Crippen LogP contribution < -0.4 is 0 Å². The van der Waals surface area contributed by atoms with Gasteiger partial charge in [0.1, 0.15) is 12.4 Å². The number of carbonyl (C=O) groups excluding carboxylic acids is 2. The molecule has 0 spiro atoms. The second kappa shape index (κ2) is 7.80. The Bertz CT molecular complexity index is 318. The minimum Gasteiger partial charge on any atom is -0.462 e. The third kappa shape index (κ3) is 4.92. The monoisotopic (exact) mass is 280 g/mol. The predicted octanol–water partition coefficient (Wildman–Crippen LogP) is 3.89. The SMILES string of the molecule is CC1CCC(CCC(=O)OC2CCCC(C=O)C2)CC1. The van der Waals surface area contributed by atoms with Crippen molar-refractivity contribution in [1.29, 1.82) is 0 Å². The van der Waals surface area contributed by atoms with Gasteiger partial charge in [-0.3, -0.25) is 4.79 Å². The normalized spacial score (nSPS) is 34.5. The second-order valence-corrected chi connectivity index (χ2v) is 6.84. The van der Waals surface area contributed by atoms with Crippen molar-refractivity contribution in [3.63, 3.8) is 0 Å². The van der Waals surface area contributed by atoms with E-state index in [2.05, 4.69) is 6.92 Å². The van der Waals surface area contributed by atoms with Gasteiger partial charge < -0.3 is 9.53 Å². The van der Waals surface area contributed by atoms with Crippen LogP contribution >= 0.6 is 0 Å². The first-order chi connectivity index (χ1) is 9.67. The average molecular weight is 280 g/mol. The summed E-state index contributed by atoms with van der Waals surface area (Å²) in [5.41, 5.74) is 0. The van der Waals surface area contributed by atoms with Crippen LogP contribution in [0.25, 0.3) is 0 Å². The quantitative estimate of drug-likeness (QED) is 0.567. The largest absolute Gasteiger partial charge is 0.462 e. The van der Waals surface area contributed by atoms with Crippen molar-refractivity contribution in [3.05, 3.63) is 0 Å². The average Bonchev–Trinajstić information content (AvgIpc) is 2.47. The molecule has 114 valence electrons. The molecule has 0 aliphatic heterocycles. The zero-order chi connectivity index (χ0) is 14.4. The lowest BCUT2D eigenvalue weighted by Gasteiger charge is -2.27. The van der Waals surface area contributed by atoms with Gasteiger partial charge in [-0.1, -0.05) is 32.6 Å². The Kier molecular flexibility index (Phi) is 6.06. The Morgan fingerprint density at radius 1 is 1.15 bits per heavy atom. The van der Waals surface area contributed by atoms with Gasteiger partial charge in [-0.05, 0) is 43.9 Å². The maximum absolute atomic E-state index is 11.9. The molecule has 0 radical (unpaired) electrons. The number of carbonyl (C=O) groups is 2. The molecule has 2 rings (SSSR count). The third-order valence-electron chi connectivity index (χ3n) is 5.05. The molecule has 0 saturated heterocycles. The zero-order valence-electron chi connectivity index (χ0n) is 12.7. The van der Waals surface area contributed by atoms with E-state index in [0.29, 0.717) is 12.3 Å². The van der Waals surface area contributed by atoms with E-state index < -0.39 is 0 Å². The van der Waals surface area contributed by atoms with Crippen molar-refractivity contribution in [1.82, 2.24) is 0 Å². The topological polar surface area (TPSA) is 43.4 Å². The van der Waals surface area contributed by atoms with Gasteiger partial charge in [-0.2, -0.15) is 0 Å². The smallest absolute Gasteiger partial charge is 0.306 e. The first kappa shape index (κ1) is 15.5. The fraction of sp³-hybridized carbons (Fsp3) is 0.882.